The summed E-state index contributed by atoms with van der Waals surface area (Å²) < 4.78 is 45.7. The average molecular weight is 352 g/mol. The van der Waals surface area contributed by atoms with Crippen LogP contribution in [0.2, 0.25) is 0 Å². The quantitative estimate of drug-likeness (QED) is 0.905. The number of ether oxygens (including phenoxy) is 1. The second-order valence-corrected chi connectivity index (χ2v) is 7.18. The molecule has 0 amide bonds. The zero-order valence-corrected chi connectivity index (χ0v) is 12.8. The Morgan fingerprint density at radius 2 is 2.26 bits per heavy atom. The first-order valence-corrected chi connectivity index (χ1v) is 8.23. The molecule has 1 aromatic carbocycles. The number of rotatable bonds is 4. The van der Waals surface area contributed by atoms with E-state index in [1.807, 2.05) is 0 Å². The summed E-state index contributed by atoms with van der Waals surface area (Å²) in [6.45, 7) is 3.01. The molecule has 0 aromatic heterocycles. The molecule has 0 radical (unpaired) electrons. The van der Waals surface area contributed by atoms with Gasteiger partial charge in [0.25, 0.3) is 0 Å². The molecule has 2 rings (SSSR count). The average Bonchev–Trinajstić information content (AvgIpc) is 2.85. The van der Waals surface area contributed by atoms with E-state index in [-0.39, 0.29) is 21.3 Å². The fraction of sp³-hybridized carbons (Fsp3) is 0.500. The van der Waals surface area contributed by atoms with Crippen LogP contribution in [-0.4, -0.2) is 27.7 Å². The third kappa shape index (κ3) is 3.53. The van der Waals surface area contributed by atoms with Crippen LogP contribution in [0, 0.1) is 11.7 Å². The van der Waals surface area contributed by atoms with Crippen molar-refractivity contribution in [3.05, 3.63) is 28.5 Å². The summed E-state index contributed by atoms with van der Waals surface area (Å²) in [7, 11) is -3.70. The zero-order valence-electron chi connectivity index (χ0n) is 10.4. The molecular formula is C12H15BrFNO3S. The molecule has 4 nitrogen and oxygen atoms in total. The zero-order chi connectivity index (χ0) is 14.0. The van der Waals surface area contributed by atoms with Crippen LogP contribution in [0.25, 0.3) is 0 Å². The molecule has 1 aliphatic rings. The van der Waals surface area contributed by atoms with Gasteiger partial charge in [-0.05, 0) is 47.5 Å². The minimum absolute atomic E-state index is 0.0704. The molecule has 0 aliphatic carbocycles. The molecule has 7 heteroatoms. The largest absolute Gasteiger partial charge is 0.381 e. The van der Waals surface area contributed by atoms with E-state index in [1.54, 1.807) is 6.92 Å². The summed E-state index contributed by atoms with van der Waals surface area (Å²) >= 11 is 2.99. The molecule has 1 aliphatic heterocycles. The maximum atomic E-state index is 13.4. The van der Waals surface area contributed by atoms with Crippen LogP contribution in [0.3, 0.4) is 0 Å². The minimum atomic E-state index is -3.70. The van der Waals surface area contributed by atoms with Gasteiger partial charge in [-0.15, -0.1) is 0 Å². The molecule has 1 heterocycles. The summed E-state index contributed by atoms with van der Waals surface area (Å²) in [5, 5.41) is 0. The highest BCUT2D eigenvalue weighted by Crippen LogP contribution is 2.21. The Hall–Kier alpha value is -0.500. The van der Waals surface area contributed by atoms with Crippen LogP contribution in [0.5, 0.6) is 0 Å². The highest BCUT2D eigenvalue weighted by atomic mass is 79.9. The van der Waals surface area contributed by atoms with Crippen molar-refractivity contribution in [3.63, 3.8) is 0 Å². The lowest BCUT2D eigenvalue weighted by atomic mass is 10.0. The van der Waals surface area contributed by atoms with Gasteiger partial charge in [-0.1, -0.05) is 0 Å². The molecule has 2 atom stereocenters. The fourth-order valence-electron chi connectivity index (χ4n) is 2.00. The number of hydrogen-bond acceptors (Lipinski definition) is 3. The van der Waals surface area contributed by atoms with Crippen molar-refractivity contribution in [1.82, 2.24) is 4.72 Å². The minimum Gasteiger partial charge on any atom is -0.381 e. The molecule has 1 N–H and O–H groups in total. The van der Waals surface area contributed by atoms with E-state index in [9.17, 15) is 12.8 Å². The first kappa shape index (κ1) is 14.9. The Balaban J connectivity index is 2.15. The monoisotopic (exact) mass is 351 g/mol. The van der Waals surface area contributed by atoms with Crippen LogP contribution >= 0.6 is 15.9 Å². The molecule has 106 valence electrons. The second kappa shape index (κ2) is 5.87. The lowest BCUT2D eigenvalue weighted by Crippen LogP contribution is -2.38. The first-order chi connectivity index (χ1) is 8.90. The first-order valence-electron chi connectivity index (χ1n) is 5.95. The van der Waals surface area contributed by atoms with Crippen molar-refractivity contribution in [2.45, 2.75) is 24.3 Å². The Kier molecular flexibility index (Phi) is 4.60. The van der Waals surface area contributed by atoms with Gasteiger partial charge in [-0.3, -0.25) is 0 Å². The molecule has 0 saturated carbocycles. The van der Waals surface area contributed by atoms with Crippen molar-refractivity contribution in [2.24, 2.45) is 5.92 Å². The van der Waals surface area contributed by atoms with E-state index in [0.29, 0.717) is 13.2 Å². The van der Waals surface area contributed by atoms with Gasteiger partial charge in [-0.2, -0.15) is 0 Å². The summed E-state index contributed by atoms with van der Waals surface area (Å²) in [6, 6.07) is 3.52. The maximum Gasteiger partial charge on any atom is 0.240 e. The molecule has 1 fully saturated rings. The number of benzene rings is 1. The number of sulfonamides is 1. The van der Waals surface area contributed by atoms with E-state index >= 15 is 0 Å². The normalized spacial score (nSPS) is 21.5. The highest BCUT2D eigenvalue weighted by molar-refractivity contribution is 9.10. The predicted octanol–water partition coefficient (Wildman–Crippen LogP) is 2.29. The standard InChI is InChI=1S/C12H15BrFNO3S/c1-8(9-4-5-18-7-9)15-19(16,17)10-2-3-11(13)12(14)6-10/h2-3,6,8-9,15H,4-5,7H2,1H3. The van der Waals surface area contributed by atoms with Crippen LogP contribution in [0.15, 0.2) is 27.6 Å². The van der Waals surface area contributed by atoms with Crippen LogP contribution < -0.4 is 4.72 Å². The van der Waals surface area contributed by atoms with Crippen LogP contribution in [0.1, 0.15) is 13.3 Å². The Morgan fingerprint density at radius 3 is 2.84 bits per heavy atom. The summed E-state index contributed by atoms with van der Waals surface area (Å²) in [5.41, 5.74) is 0. The van der Waals surface area contributed by atoms with Gasteiger partial charge < -0.3 is 4.74 Å². The predicted molar refractivity (Wildman–Crippen MR) is 72.8 cm³/mol. The molecule has 1 saturated heterocycles. The topological polar surface area (TPSA) is 55.4 Å². The lowest BCUT2D eigenvalue weighted by Gasteiger charge is -2.19. The second-order valence-electron chi connectivity index (χ2n) is 4.61. The van der Waals surface area contributed by atoms with Crippen molar-refractivity contribution in [1.29, 1.82) is 0 Å². The van der Waals surface area contributed by atoms with Gasteiger partial charge in [0.2, 0.25) is 10.0 Å². The molecule has 1 aromatic rings. The lowest BCUT2D eigenvalue weighted by molar-refractivity contribution is 0.180. The van der Waals surface area contributed by atoms with Gasteiger partial charge in [-0.25, -0.2) is 17.5 Å². The number of hydrogen-bond donors (Lipinski definition) is 1. The van der Waals surface area contributed by atoms with Crippen molar-refractivity contribution in [3.8, 4) is 0 Å². The van der Waals surface area contributed by atoms with Crippen molar-refractivity contribution >= 4 is 26.0 Å². The smallest absolute Gasteiger partial charge is 0.240 e. The number of nitrogens with one attached hydrogen (secondary N) is 1. The SMILES string of the molecule is CC(NS(=O)(=O)c1ccc(Br)c(F)c1)C1CCOC1. The van der Waals surface area contributed by atoms with Crippen molar-refractivity contribution in [2.75, 3.05) is 13.2 Å². The maximum absolute atomic E-state index is 13.4. The van der Waals surface area contributed by atoms with Gasteiger partial charge in [0.1, 0.15) is 5.82 Å². The van der Waals surface area contributed by atoms with E-state index in [0.717, 1.165) is 12.5 Å². The van der Waals surface area contributed by atoms with E-state index in [2.05, 4.69) is 20.7 Å². The van der Waals surface area contributed by atoms with Gasteiger partial charge in [0, 0.05) is 18.6 Å². The molecule has 2 unspecified atom stereocenters. The third-order valence-corrected chi connectivity index (χ3v) is 5.41. The summed E-state index contributed by atoms with van der Waals surface area (Å²) in [5.74, 6) is -0.435. The third-order valence-electron chi connectivity index (χ3n) is 3.21. The molecular weight excluding hydrogens is 337 g/mol. The summed E-state index contributed by atoms with van der Waals surface area (Å²) in [4.78, 5) is -0.0704. The molecule has 0 bridgehead atoms. The van der Waals surface area contributed by atoms with Gasteiger partial charge >= 0.3 is 0 Å². The Morgan fingerprint density at radius 1 is 1.53 bits per heavy atom. The van der Waals surface area contributed by atoms with E-state index in [4.69, 9.17) is 4.74 Å². The summed E-state index contributed by atoms with van der Waals surface area (Å²) in [6.07, 6.45) is 0.832. The molecule has 0 spiro atoms. The Bertz CT molecular complexity index is 558. The van der Waals surface area contributed by atoms with Crippen LogP contribution in [0.4, 0.5) is 4.39 Å². The van der Waals surface area contributed by atoms with Crippen LogP contribution in [-0.2, 0) is 14.8 Å². The number of halogens is 2. The van der Waals surface area contributed by atoms with E-state index < -0.39 is 15.8 Å². The van der Waals surface area contributed by atoms with Gasteiger partial charge in [0.05, 0.1) is 16.0 Å². The van der Waals surface area contributed by atoms with E-state index in [1.165, 1.54) is 12.1 Å². The highest BCUT2D eigenvalue weighted by Gasteiger charge is 2.27. The van der Waals surface area contributed by atoms with Gasteiger partial charge in [0.15, 0.2) is 0 Å². The van der Waals surface area contributed by atoms with Crippen molar-refractivity contribution < 1.29 is 17.5 Å². The fourth-order valence-corrected chi connectivity index (χ4v) is 3.57. The Labute approximate surface area is 120 Å². The molecule has 19 heavy (non-hydrogen) atoms.